The molecule has 0 bridgehead atoms. The van der Waals surface area contributed by atoms with Gasteiger partial charge in [-0.15, -0.1) is 0 Å². The van der Waals surface area contributed by atoms with E-state index in [1.54, 1.807) is 20.9 Å². The van der Waals surface area contributed by atoms with E-state index in [-0.39, 0.29) is 24.3 Å². The van der Waals surface area contributed by atoms with Crippen molar-refractivity contribution in [1.82, 2.24) is 10.0 Å². The number of aliphatic carboxylic acids is 2. The number of nitrogens with one attached hydrogen (secondary N) is 2. The predicted molar refractivity (Wildman–Crippen MR) is 198 cm³/mol. The topological polar surface area (TPSA) is 153 Å². The largest absolute Gasteiger partial charge is 0.481 e. The molecular weight excluding hydrogens is 616 g/mol. The maximum Gasteiger partial charge on any atom is 0.319 e. The lowest BCUT2D eigenvalue weighted by Crippen LogP contribution is -2.47. The number of carboxylic acid groups (broad SMARTS) is 2. The van der Waals surface area contributed by atoms with Gasteiger partial charge in [0.25, 0.3) is 0 Å². The Bertz CT molecular complexity index is 765. The SMILES string of the molecule is CC(C)(C=O)CCO.CCCCCCCCCCCC(CCCCCCCCCCC(=O)O)(C(=O)O)C(=O)NCCC(C)C.CNS. The van der Waals surface area contributed by atoms with Crippen molar-refractivity contribution in [2.45, 2.75) is 176 Å². The standard InChI is InChI=1S/C30H57NO5.C6H12O2.CH5NS/c1-4-5-6-7-8-10-13-16-19-23-30(29(35)36,28(34)31-25-22-26(2)3)24-20-17-14-11-9-12-15-18-21-27(32)33;1-6(2,5-8)3-4-7;1-2-3/h26H,4-25H2,1-3H3,(H,31,34)(H,32,33)(H,35,36);5,7H,3-4H2,1-2H3;2-3H,1H3. The van der Waals surface area contributed by atoms with Gasteiger partial charge in [0.15, 0.2) is 0 Å². The van der Waals surface area contributed by atoms with Crippen LogP contribution in [0.1, 0.15) is 176 Å². The van der Waals surface area contributed by atoms with Gasteiger partial charge in [-0.3, -0.25) is 19.1 Å². The summed E-state index contributed by atoms with van der Waals surface area (Å²) in [6.45, 7) is 10.7. The van der Waals surface area contributed by atoms with Gasteiger partial charge in [-0.25, -0.2) is 0 Å². The van der Waals surface area contributed by atoms with Gasteiger partial charge < -0.3 is 25.4 Å². The molecule has 1 atom stereocenters. The van der Waals surface area contributed by atoms with Crippen LogP contribution in [0.15, 0.2) is 0 Å². The van der Waals surface area contributed by atoms with Crippen LogP contribution in [-0.2, 0) is 19.2 Å². The predicted octanol–water partition coefficient (Wildman–Crippen LogP) is 8.77. The van der Waals surface area contributed by atoms with Crippen LogP contribution in [0.4, 0.5) is 0 Å². The van der Waals surface area contributed by atoms with Crippen LogP contribution < -0.4 is 10.0 Å². The van der Waals surface area contributed by atoms with Crippen LogP contribution in [0.25, 0.3) is 0 Å². The minimum absolute atomic E-state index is 0.0890. The molecule has 0 heterocycles. The van der Waals surface area contributed by atoms with E-state index in [4.69, 9.17) is 10.2 Å². The van der Waals surface area contributed by atoms with Gasteiger partial charge in [0, 0.05) is 25.0 Å². The molecule has 0 aliphatic carbocycles. The minimum Gasteiger partial charge on any atom is -0.481 e. The molecule has 0 fully saturated rings. The lowest BCUT2D eigenvalue weighted by Gasteiger charge is -2.29. The second-order valence-corrected chi connectivity index (χ2v) is 14.4. The summed E-state index contributed by atoms with van der Waals surface area (Å²) in [4.78, 5) is 46.2. The van der Waals surface area contributed by atoms with Crippen LogP contribution in [-0.4, -0.2) is 59.7 Å². The average Bonchev–Trinajstić information content (AvgIpc) is 3.00. The molecule has 0 aromatic rings. The number of hydrogen-bond donors (Lipinski definition) is 6. The first-order valence-corrected chi connectivity index (χ1v) is 18.9. The van der Waals surface area contributed by atoms with E-state index >= 15 is 0 Å². The molecule has 5 N–H and O–H groups in total. The Morgan fingerprint density at radius 1 is 0.745 bits per heavy atom. The van der Waals surface area contributed by atoms with Crippen LogP contribution in [0, 0.1) is 16.7 Å². The molecule has 280 valence electrons. The first-order chi connectivity index (χ1) is 22.3. The molecule has 47 heavy (non-hydrogen) atoms. The Balaban J connectivity index is -0.00000150. The second-order valence-electron chi connectivity index (χ2n) is 13.9. The maximum absolute atomic E-state index is 13.1. The van der Waals surface area contributed by atoms with Crippen molar-refractivity contribution in [3.05, 3.63) is 0 Å². The van der Waals surface area contributed by atoms with E-state index in [0.717, 1.165) is 83.3 Å². The summed E-state index contributed by atoms with van der Waals surface area (Å²) in [5.74, 6) is -1.53. The highest BCUT2D eigenvalue weighted by molar-refractivity contribution is 7.78. The molecule has 0 aromatic heterocycles. The summed E-state index contributed by atoms with van der Waals surface area (Å²) < 4.78 is 2.44. The Morgan fingerprint density at radius 2 is 1.15 bits per heavy atom. The number of hydrogen-bond acceptors (Lipinski definition) is 7. The van der Waals surface area contributed by atoms with E-state index in [1.165, 1.54) is 38.5 Å². The van der Waals surface area contributed by atoms with E-state index in [0.29, 0.717) is 31.7 Å². The summed E-state index contributed by atoms with van der Waals surface area (Å²) in [6.07, 6.45) is 21.4. The number of carbonyl (C=O) groups is 4. The van der Waals surface area contributed by atoms with Crippen molar-refractivity contribution in [2.75, 3.05) is 20.2 Å². The lowest BCUT2D eigenvalue weighted by atomic mass is 9.76. The molecule has 0 aliphatic rings. The number of aldehydes is 1. The fraction of sp³-hybridized carbons (Fsp3) is 0.892. The van der Waals surface area contributed by atoms with Crippen LogP contribution in [0.5, 0.6) is 0 Å². The van der Waals surface area contributed by atoms with Crippen molar-refractivity contribution in [1.29, 1.82) is 0 Å². The highest BCUT2D eigenvalue weighted by Gasteiger charge is 2.44. The lowest BCUT2D eigenvalue weighted by molar-refractivity contribution is -0.157. The Labute approximate surface area is 293 Å². The molecule has 0 aromatic carbocycles. The van der Waals surface area contributed by atoms with Crippen molar-refractivity contribution < 1.29 is 34.5 Å². The third-order valence-corrected chi connectivity index (χ3v) is 8.38. The number of unbranched alkanes of at least 4 members (excludes halogenated alkanes) is 15. The zero-order chi connectivity index (χ0) is 36.4. The fourth-order valence-corrected chi connectivity index (χ4v) is 5.15. The molecular formula is C37H74N2O7S. The highest BCUT2D eigenvalue weighted by atomic mass is 32.1. The van der Waals surface area contributed by atoms with Gasteiger partial charge in [-0.05, 0) is 45.1 Å². The van der Waals surface area contributed by atoms with Crippen molar-refractivity contribution in [3.8, 4) is 0 Å². The molecule has 0 aliphatic heterocycles. The maximum atomic E-state index is 13.1. The van der Waals surface area contributed by atoms with Crippen LogP contribution >= 0.6 is 12.8 Å². The zero-order valence-corrected chi connectivity index (χ0v) is 31.9. The molecule has 0 saturated heterocycles. The number of carboxylic acids is 2. The van der Waals surface area contributed by atoms with Gasteiger partial charge in [-0.2, -0.15) is 0 Å². The van der Waals surface area contributed by atoms with Gasteiger partial charge in [0.1, 0.15) is 11.7 Å². The Hall–Kier alpha value is -1.65. The summed E-state index contributed by atoms with van der Waals surface area (Å²) >= 11 is 3.54. The van der Waals surface area contributed by atoms with E-state index < -0.39 is 17.4 Å². The third-order valence-electron chi connectivity index (χ3n) is 8.38. The van der Waals surface area contributed by atoms with E-state index in [2.05, 4.69) is 43.6 Å². The summed E-state index contributed by atoms with van der Waals surface area (Å²) in [5, 5.41) is 30.2. The third kappa shape index (κ3) is 32.7. The molecule has 1 amide bonds. The fourth-order valence-electron chi connectivity index (χ4n) is 5.15. The van der Waals surface area contributed by atoms with E-state index in [1.807, 2.05) is 0 Å². The minimum atomic E-state index is -1.31. The summed E-state index contributed by atoms with van der Waals surface area (Å²) in [5.41, 5.74) is -1.65. The Kier molecular flexibility index (Phi) is 36.2. The van der Waals surface area contributed by atoms with Crippen LogP contribution in [0.3, 0.4) is 0 Å². The summed E-state index contributed by atoms with van der Waals surface area (Å²) in [6, 6.07) is 0. The molecule has 1 unspecified atom stereocenters. The number of rotatable bonds is 29. The van der Waals surface area contributed by atoms with Gasteiger partial charge >= 0.3 is 11.9 Å². The molecule has 0 saturated carbocycles. The molecule has 10 heteroatoms. The second kappa shape index (κ2) is 34.2. The summed E-state index contributed by atoms with van der Waals surface area (Å²) in [7, 11) is 1.74. The van der Waals surface area contributed by atoms with Gasteiger partial charge in [0.05, 0.1) is 0 Å². The number of amides is 1. The highest BCUT2D eigenvalue weighted by Crippen LogP contribution is 2.33. The number of carbonyl (C=O) groups excluding carboxylic acids is 2. The first kappa shape index (κ1) is 49.7. The van der Waals surface area contributed by atoms with Gasteiger partial charge in [-0.1, -0.05) is 150 Å². The van der Waals surface area contributed by atoms with E-state index in [9.17, 15) is 24.3 Å². The van der Waals surface area contributed by atoms with Crippen molar-refractivity contribution >= 4 is 36.9 Å². The average molecular weight is 691 g/mol. The van der Waals surface area contributed by atoms with Crippen molar-refractivity contribution in [2.24, 2.45) is 16.7 Å². The molecule has 0 radical (unpaired) electrons. The smallest absolute Gasteiger partial charge is 0.319 e. The number of thiol groups is 1. The molecule has 0 spiro atoms. The molecule has 0 rings (SSSR count). The Morgan fingerprint density at radius 3 is 1.47 bits per heavy atom. The first-order valence-electron chi connectivity index (χ1n) is 18.4. The van der Waals surface area contributed by atoms with Gasteiger partial charge in [0.2, 0.25) is 5.91 Å². The van der Waals surface area contributed by atoms with Crippen molar-refractivity contribution in [3.63, 3.8) is 0 Å². The molecule has 9 nitrogen and oxygen atoms in total. The van der Waals surface area contributed by atoms with Crippen LogP contribution in [0.2, 0.25) is 0 Å². The quantitative estimate of drug-likeness (QED) is 0.0197. The zero-order valence-electron chi connectivity index (χ0n) is 31.0. The monoisotopic (exact) mass is 691 g/mol. The number of aliphatic hydroxyl groups excluding tert-OH is 1. The normalized spacial score (nSPS) is 12.3. The number of aliphatic hydroxyl groups is 1.